The van der Waals surface area contributed by atoms with E-state index in [-0.39, 0.29) is 5.82 Å². The Balaban J connectivity index is 2.17. The van der Waals surface area contributed by atoms with E-state index in [9.17, 15) is 4.39 Å². The summed E-state index contributed by atoms with van der Waals surface area (Å²) in [6, 6.07) is 3.10. The second kappa shape index (κ2) is 6.51. The summed E-state index contributed by atoms with van der Waals surface area (Å²) in [6.45, 7) is 2.96. The fraction of sp³-hybridized carbons (Fsp3) is 0.462. The number of fused-ring (bicyclic) bond motifs is 1. The monoisotopic (exact) mass is 344 g/mol. The first-order chi connectivity index (χ1) is 9.52. The molecule has 20 heavy (non-hydrogen) atoms. The highest BCUT2D eigenvalue weighted by molar-refractivity contribution is 9.10. The number of nitrogen functional groups attached to an aromatic ring is 1. The lowest BCUT2D eigenvalue weighted by atomic mass is 10.3. The summed E-state index contributed by atoms with van der Waals surface area (Å²) < 4.78 is 20.9. The van der Waals surface area contributed by atoms with Gasteiger partial charge in [-0.05, 0) is 29.0 Å². The smallest absolute Gasteiger partial charge is 0.201 e. The van der Waals surface area contributed by atoms with Crippen LogP contribution < -0.4 is 5.73 Å². The van der Waals surface area contributed by atoms with Crippen molar-refractivity contribution in [3.05, 3.63) is 22.4 Å². The molecule has 0 aliphatic rings. The van der Waals surface area contributed by atoms with Gasteiger partial charge in [0, 0.05) is 32.8 Å². The van der Waals surface area contributed by atoms with Gasteiger partial charge in [0.25, 0.3) is 0 Å². The topological polar surface area (TPSA) is 56.3 Å². The normalized spacial score (nSPS) is 11.7. The Morgan fingerprint density at radius 2 is 2.20 bits per heavy atom. The third kappa shape index (κ3) is 3.28. The number of rotatable bonds is 6. The van der Waals surface area contributed by atoms with E-state index < -0.39 is 0 Å². The van der Waals surface area contributed by atoms with Crippen LogP contribution in [-0.2, 0) is 11.3 Å². The van der Waals surface area contributed by atoms with Gasteiger partial charge in [-0.2, -0.15) is 0 Å². The molecule has 2 rings (SSSR count). The number of anilines is 1. The molecule has 0 amide bonds. The third-order valence-electron chi connectivity index (χ3n) is 3.20. The van der Waals surface area contributed by atoms with Gasteiger partial charge in [-0.3, -0.25) is 0 Å². The van der Waals surface area contributed by atoms with E-state index in [0.717, 1.165) is 13.1 Å². The largest absolute Gasteiger partial charge is 0.383 e. The SMILES string of the molecule is COCCN(C)CCn1c(N)nc2cc(Br)c(F)cc21. The zero-order chi connectivity index (χ0) is 14.7. The van der Waals surface area contributed by atoms with Crippen LogP contribution in [0.4, 0.5) is 10.3 Å². The van der Waals surface area contributed by atoms with Crippen molar-refractivity contribution in [1.29, 1.82) is 0 Å². The van der Waals surface area contributed by atoms with Crippen LogP contribution in [-0.4, -0.2) is 48.3 Å². The number of hydrogen-bond acceptors (Lipinski definition) is 4. The molecule has 0 bridgehead atoms. The Labute approximate surface area is 125 Å². The molecule has 5 nitrogen and oxygen atoms in total. The van der Waals surface area contributed by atoms with Gasteiger partial charge in [-0.15, -0.1) is 0 Å². The zero-order valence-corrected chi connectivity index (χ0v) is 13.2. The summed E-state index contributed by atoms with van der Waals surface area (Å²) in [5.41, 5.74) is 7.31. The Morgan fingerprint density at radius 3 is 2.90 bits per heavy atom. The van der Waals surface area contributed by atoms with E-state index in [0.29, 0.717) is 34.6 Å². The molecule has 0 unspecified atom stereocenters. The average Bonchev–Trinajstić information content (AvgIpc) is 2.70. The van der Waals surface area contributed by atoms with Gasteiger partial charge in [-0.1, -0.05) is 0 Å². The minimum atomic E-state index is -0.314. The van der Waals surface area contributed by atoms with Gasteiger partial charge in [0.1, 0.15) is 5.82 Å². The molecule has 1 aromatic carbocycles. The summed E-state index contributed by atoms with van der Waals surface area (Å²) in [5.74, 6) is 0.0871. The molecule has 0 saturated heterocycles. The van der Waals surface area contributed by atoms with Crippen LogP contribution in [0.25, 0.3) is 11.0 Å². The van der Waals surface area contributed by atoms with Crippen molar-refractivity contribution in [3.8, 4) is 0 Å². The lowest BCUT2D eigenvalue weighted by Crippen LogP contribution is -2.27. The highest BCUT2D eigenvalue weighted by Gasteiger charge is 2.12. The molecule has 0 saturated carbocycles. The van der Waals surface area contributed by atoms with Crippen molar-refractivity contribution in [1.82, 2.24) is 14.5 Å². The molecule has 0 radical (unpaired) electrons. The molecule has 2 aromatic rings. The van der Waals surface area contributed by atoms with Crippen molar-refractivity contribution in [2.24, 2.45) is 0 Å². The molecule has 0 fully saturated rings. The van der Waals surface area contributed by atoms with Crippen LogP contribution in [0.1, 0.15) is 0 Å². The van der Waals surface area contributed by atoms with Crippen molar-refractivity contribution in [3.63, 3.8) is 0 Å². The van der Waals surface area contributed by atoms with Crippen molar-refractivity contribution < 1.29 is 9.13 Å². The third-order valence-corrected chi connectivity index (χ3v) is 3.81. The highest BCUT2D eigenvalue weighted by atomic mass is 79.9. The molecule has 1 aromatic heterocycles. The summed E-state index contributed by atoms with van der Waals surface area (Å²) in [7, 11) is 3.68. The molecule has 2 N–H and O–H groups in total. The van der Waals surface area contributed by atoms with Crippen LogP contribution in [0.15, 0.2) is 16.6 Å². The molecule has 1 heterocycles. The van der Waals surface area contributed by atoms with Gasteiger partial charge in [0.2, 0.25) is 5.95 Å². The number of benzene rings is 1. The Kier molecular flexibility index (Phi) is 4.95. The number of halogens is 2. The minimum Gasteiger partial charge on any atom is -0.383 e. The summed E-state index contributed by atoms with van der Waals surface area (Å²) >= 11 is 3.15. The van der Waals surface area contributed by atoms with Gasteiger partial charge in [-0.25, -0.2) is 9.37 Å². The fourth-order valence-corrected chi connectivity index (χ4v) is 2.33. The number of imidazole rings is 1. The van der Waals surface area contributed by atoms with Gasteiger partial charge in [0.15, 0.2) is 0 Å². The van der Waals surface area contributed by atoms with E-state index in [1.54, 1.807) is 13.2 Å². The Hall–Kier alpha value is -1.18. The predicted octanol–water partition coefficient (Wildman–Crippen LogP) is 2.10. The Morgan fingerprint density at radius 1 is 1.45 bits per heavy atom. The van der Waals surface area contributed by atoms with Gasteiger partial charge in [0.05, 0.1) is 22.1 Å². The van der Waals surface area contributed by atoms with Crippen LogP contribution in [0.5, 0.6) is 0 Å². The van der Waals surface area contributed by atoms with Crippen LogP contribution in [0.2, 0.25) is 0 Å². The maximum Gasteiger partial charge on any atom is 0.201 e. The molecular weight excluding hydrogens is 327 g/mol. The minimum absolute atomic E-state index is 0.314. The van der Waals surface area contributed by atoms with Crippen molar-refractivity contribution >= 4 is 32.9 Å². The van der Waals surface area contributed by atoms with E-state index in [2.05, 4.69) is 25.8 Å². The lowest BCUT2D eigenvalue weighted by Gasteiger charge is -2.17. The van der Waals surface area contributed by atoms with Crippen LogP contribution in [0, 0.1) is 5.82 Å². The molecule has 110 valence electrons. The molecule has 0 aliphatic heterocycles. The fourth-order valence-electron chi connectivity index (χ4n) is 2.00. The molecule has 0 atom stereocenters. The first kappa shape index (κ1) is 15.2. The van der Waals surface area contributed by atoms with E-state index >= 15 is 0 Å². The molecule has 0 spiro atoms. The first-order valence-corrected chi connectivity index (χ1v) is 7.10. The number of nitrogens with zero attached hydrogens (tertiary/aromatic N) is 3. The number of ether oxygens (including phenoxy) is 1. The highest BCUT2D eigenvalue weighted by Crippen LogP contribution is 2.24. The maximum atomic E-state index is 13.6. The van der Waals surface area contributed by atoms with Gasteiger partial charge < -0.3 is 19.9 Å². The van der Waals surface area contributed by atoms with Crippen LogP contribution >= 0.6 is 15.9 Å². The number of hydrogen-bond donors (Lipinski definition) is 1. The van der Waals surface area contributed by atoms with Gasteiger partial charge >= 0.3 is 0 Å². The molecule has 0 aliphatic carbocycles. The summed E-state index contributed by atoms with van der Waals surface area (Å²) in [4.78, 5) is 6.38. The van der Waals surface area contributed by atoms with Crippen molar-refractivity contribution in [2.45, 2.75) is 6.54 Å². The summed E-state index contributed by atoms with van der Waals surface area (Å²) in [6.07, 6.45) is 0. The second-order valence-electron chi connectivity index (χ2n) is 4.67. The average molecular weight is 345 g/mol. The molecular formula is C13H18BrFN4O. The summed E-state index contributed by atoms with van der Waals surface area (Å²) in [5, 5.41) is 0. The van der Waals surface area contributed by atoms with Crippen molar-refractivity contribution in [2.75, 3.05) is 39.6 Å². The second-order valence-corrected chi connectivity index (χ2v) is 5.53. The number of methoxy groups -OCH3 is 1. The predicted molar refractivity (Wildman–Crippen MR) is 81.2 cm³/mol. The molecule has 7 heteroatoms. The van der Waals surface area contributed by atoms with E-state index in [1.165, 1.54) is 6.07 Å². The van der Waals surface area contributed by atoms with Crippen LogP contribution in [0.3, 0.4) is 0 Å². The number of aromatic nitrogens is 2. The Bertz CT molecular complexity index is 602. The number of likely N-dealkylation sites (N-methyl/N-ethyl adjacent to an activating group) is 1. The quantitative estimate of drug-likeness (QED) is 0.871. The zero-order valence-electron chi connectivity index (χ0n) is 11.6. The maximum absolute atomic E-state index is 13.6. The van der Waals surface area contributed by atoms with E-state index in [1.807, 2.05) is 11.6 Å². The standard InChI is InChI=1S/C13H18BrFN4O/c1-18(5-6-20-2)3-4-19-12-8-10(15)9(14)7-11(12)17-13(19)16/h7-8H,3-6H2,1-2H3,(H2,16,17). The first-order valence-electron chi connectivity index (χ1n) is 6.31. The number of nitrogens with two attached hydrogens (primary N) is 1. The van der Waals surface area contributed by atoms with E-state index in [4.69, 9.17) is 10.5 Å². The lowest BCUT2D eigenvalue weighted by molar-refractivity contribution is 0.159.